The number of nitro benzene ring substituents is 1. The van der Waals surface area contributed by atoms with Crippen LogP contribution in [0.1, 0.15) is 29.3 Å². The summed E-state index contributed by atoms with van der Waals surface area (Å²) in [6.45, 7) is 1.84. The first-order valence-electron chi connectivity index (χ1n) is 5.51. The molecule has 0 radical (unpaired) electrons. The van der Waals surface area contributed by atoms with Crippen molar-refractivity contribution in [3.05, 3.63) is 39.4 Å². The lowest BCUT2D eigenvalue weighted by Gasteiger charge is -1.97. The van der Waals surface area contributed by atoms with E-state index in [1.807, 2.05) is 0 Å². The Balaban J connectivity index is 2.77. The van der Waals surface area contributed by atoms with E-state index in [9.17, 15) is 19.7 Å². The Labute approximate surface area is 110 Å². The van der Waals surface area contributed by atoms with E-state index in [0.717, 1.165) is 0 Å². The number of benzene rings is 1. The third kappa shape index (κ3) is 4.60. The van der Waals surface area contributed by atoms with E-state index in [1.165, 1.54) is 19.1 Å². The van der Waals surface area contributed by atoms with Gasteiger partial charge in [-0.25, -0.2) is 0 Å². The minimum absolute atomic E-state index is 0.0220. The highest BCUT2D eigenvalue weighted by atomic mass is 16.6. The smallest absolute Gasteiger partial charge is 0.281 e. The lowest BCUT2D eigenvalue weighted by molar-refractivity contribution is -0.385. The number of amides is 1. The quantitative estimate of drug-likeness (QED) is 0.290. The van der Waals surface area contributed by atoms with Gasteiger partial charge in [-0.3, -0.25) is 19.7 Å². The maximum atomic E-state index is 10.7. The van der Waals surface area contributed by atoms with E-state index >= 15 is 0 Å². The Morgan fingerprint density at radius 2 is 2.26 bits per heavy atom. The second-order valence-corrected chi connectivity index (χ2v) is 3.68. The molecule has 0 aliphatic rings. The maximum absolute atomic E-state index is 10.7. The van der Waals surface area contributed by atoms with Crippen LogP contribution in [0.25, 0.3) is 0 Å². The van der Waals surface area contributed by atoms with Crippen molar-refractivity contribution in [2.75, 3.05) is 6.54 Å². The van der Waals surface area contributed by atoms with Crippen molar-refractivity contribution >= 4 is 17.9 Å². The molecule has 0 bridgehead atoms. The van der Waals surface area contributed by atoms with Crippen LogP contribution in [0.4, 0.5) is 5.69 Å². The molecule has 0 fully saturated rings. The second kappa shape index (κ2) is 6.91. The number of carbonyl (C=O) groups is 2. The van der Waals surface area contributed by atoms with Gasteiger partial charge in [0, 0.05) is 31.5 Å². The molecule has 0 aliphatic carbocycles. The molecule has 0 unspecified atom stereocenters. The van der Waals surface area contributed by atoms with E-state index in [2.05, 4.69) is 17.2 Å². The molecule has 1 aromatic carbocycles. The minimum Gasteiger partial charge on any atom is -0.355 e. The van der Waals surface area contributed by atoms with Gasteiger partial charge in [0.15, 0.2) is 6.29 Å². The normalized spacial score (nSPS) is 9.11. The largest absolute Gasteiger partial charge is 0.355 e. The summed E-state index contributed by atoms with van der Waals surface area (Å²) in [6, 6.07) is 4.17. The molecule has 6 nitrogen and oxygen atoms in total. The van der Waals surface area contributed by atoms with E-state index in [0.29, 0.717) is 24.8 Å². The van der Waals surface area contributed by atoms with Crippen LogP contribution >= 0.6 is 0 Å². The molecule has 98 valence electrons. The zero-order valence-electron chi connectivity index (χ0n) is 10.3. The van der Waals surface area contributed by atoms with Crippen LogP contribution in [0.3, 0.4) is 0 Å². The van der Waals surface area contributed by atoms with Crippen molar-refractivity contribution in [1.29, 1.82) is 0 Å². The van der Waals surface area contributed by atoms with Crippen LogP contribution in [0.15, 0.2) is 18.2 Å². The number of rotatable bonds is 4. The first-order chi connectivity index (χ1) is 9.04. The van der Waals surface area contributed by atoms with Gasteiger partial charge in [-0.15, -0.1) is 0 Å². The third-order valence-corrected chi connectivity index (χ3v) is 2.21. The van der Waals surface area contributed by atoms with Crippen LogP contribution in [0, 0.1) is 22.0 Å². The fourth-order valence-electron chi connectivity index (χ4n) is 1.34. The molecular formula is C13H12N2O4. The Bertz CT molecular complexity index is 570. The number of hydrogen-bond acceptors (Lipinski definition) is 4. The van der Waals surface area contributed by atoms with Gasteiger partial charge in [0.2, 0.25) is 5.91 Å². The first kappa shape index (κ1) is 14.4. The summed E-state index contributed by atoms with van der Waals surface area (Å²) in [5.74, 6) is 5.40. The van der Waals surface area contributed by atoms with Crippen molar-refractivity contribution in [3.8, 4) is 11.8 Å². The van der Waals surface area contributed by atoms with Crippen molar-refractivity contribution in [2.45, 2.75) is 13.3 Å². The minimum atomic E-state index is -0.619. The summed E-state index contributed by atoms with van der Waals surface area (Å²) in [5.41, 5.74) is 0.220. The lowest BCUT2D eigenvalue weighted by Crippen LogP contribution is -2.20. The average Bonchev–Trinajstić information content (AvgIpc) is 2.37. The zero-order chi connectivity index (χ0) is 14.3. The fraction of sp³-hybridized carbons (Fsp3) is 0.231. The highest BCUT2D eigenvalue weighted by Crippen LogP contribution is 2.18. The molecule has 0 saturated heterocycles. The second-order valence-electron chi connectivity index (χ2n) is 3.68. The highest BCUT2D eigenvalue weighted by molar-refractivity contribution is 5.81. The SMILES string of the molecule is CC(=O)NCCC#Cc1ccc(C=O)c([N+](=O)[O-])c1. The van der Waals surface area contributed by atoms with Crippen LogP contribution < -0.4 is 5.32 Å². The number of nitrogens with one attached hydrogen (secondary N) is 1. The molecule has 1 aromatic rings. The predicted molar refractivity (Wildman–Crippen MR) is 68.7 cm³/mol. The average molecular weight is 260 g/mol. The van der Waals surface area contributed by atoms with Crippen LogP contribution in [0.5, 0.6) is 0 Å². The van der Waals surface area contributed by atoms with Gasteiger partial charge in [0.05, 0.1) is 10.5 Å². The number of hydrogen-bond donors (Lipinski definition) is 1. The molecule has 1 amide bonds. The van der Waals surface area contributed by atoms with Gasteiger partial charge >= 0.3 is 0 Å². The van der Waals surface area contributed by atoms with E-state index in [1.54, 1.807) is 6.07 Å². The van der Waals surface area contributed by atoms with Crippen molar-refractivity contribution in [3.63, 3.8) is 0 Å². The standard InChI is InChI=1S/C13H12N2O4/c1-10(17)14-7-3-2-4-11-5-6-12(9-16)13(8-11)15(18)19/h5-6,8-9H,3,7H2,1H3,(H,14,17). The number of aldehydes is 1. The summed E-state index contributed by atoms with van der Waals surface area (Å²) in [6.07, 6.45) is 0.884. The van der Waals surface area contributed by atoms with E-state index in [-0.39, 0.29) is 17.2 Å². The number of carbonyl (C=O) groups excluding carboxylic acids is 2. The van der Waals surface area contributed by atoms with Gasteiger partial charge < -0.3 is 5.32 Å². The van der Waals surface area contributed by atoms with E-state index < -0.39 is 4.92 Å². The highest BCUT2D eigenvalue weighted by Gasteiger charge is 2.12. The fourth-order valence-corrected chi connectivity index (χ4v) is 1.34. The summed E-state index contributed by atoms with van der Waals surface area (Å²) >= 11 is 0. The van der Waals surface area contributed by atoms with Crippen LogP contribution in [0.2, 0.25) is 0 Å². The Morgan fingerprint density at radius 1 is 1.53 bits per heavy atom. The summed E-state index contributed by atoms with van der Waals surface area (Å²) in [7, 11) is 0. The third-order valence-electron chi connectivity index (χ3n) is 2.21. The van der Waals surface area contributed by atoms with Crippen molar-refractivity contribution < 1.29 is 14.5 Å². The van der Waals surface area contributed by atoms with E-state index in [4.69, 9.17) is 0 Å². The summed E-state index contributed by atoms with van der Waals surface area (Å²) < 4.78 is 0. The maximum Gasteiger partial charge on any atom is 0.281 e. The predicted octanol–water partition coefficient (Wildman–Crippen LogP) is 1.28. The van der Waals surface area contributed by atoms with Gasteiger partial charge in [-0.1, -0.05) is 11.8 Å². The summed E-state index contributed by atoms with van der Waals surface area (Å²) in [4.78, 5) is 31.3. The molecule has 0 heterocycles. The lowest BCUT2D eigenvalue weighted by atomic mass is 10.1. The molecule has 0 saturated carbocycles. The zero-order valence-corrected chi connectivity index (χ0v) is 10.3. The Hall–Kier alpha value is -2.68. The van der Waals surface area contributed by atoms with Gasteiger partial charge in [-0.2, -0.15) is 0 Å². The topological polar surface area (TPSA) is 89.3 Å². The monoisotopic (exact) mass is 260 g/mol. The van der Waals surface area contributed by atoms with Gasteiger partial charge in [-0.05, 0) is 12.1 Å². The molecule has 1 N–H and O–H groups in total. The molecule has 0 aliphatic heterocycles. The Morgan fingerprint density at radius 3 is 2.84 bits per heavy atom. The molecule has 6 heteroatoms. The Kier molecular flexibility index (Phi) is 5.23. The molecule has 1 rings (SSSR count). The molecule has 19 heavy (non-hydrogen) atoms. The molecule has 0 spiro atoms. The number of nitrogens with zero attached hydrogens (tertiary/aromatic N) is 1. The van der Waals surface area contributed by atoms with Crippen LogP contribution in [-0.2, 0) is 4.79 Å². The molecule has 0 aromatic heterocycles. The molecule has 0 atom stereocenters. The van der Waals surface area contributed by atoms with Crippen LogP contribution in [-0.4, -0.2) is 23.7 Å². The molecular weight excluding hydrogens is 248 g/mol. The van der Waals surface area contributed by atoms with Crippen molar-refractivity contribution in [1.82, 2.24) is 5.32 Å². The number of nitro groups is 1. The first-order valence-corrected chi connectivity index (χ1v) is 5.51. The summed E-state index contributed by atoms with van der Waals surface area (Å²) in [5, 5.41) is 13.3. The van der Waals surface area contributed by atoms with Gasteiger partial charge in [0.25, 0.3) is 5.69 Å². The van der Waals surface area contributed by atoms with Crippen molar-refractivity contribution in [2.24, 2.45) is 0 Å². The van der Waals surface area contributed by atoms with Gasteiger partial charge in [0.1, 0.15) is 0 Å².